The summed E-state index contributed by atoms with van der Waals surface area (Å²) in [6, 6.07) is 24.3. The SMILES string of the molecule is N#CC(C#N)=C(N)/C(C#N)=C(\C=C\c1ccccc1)c1ccccc1. The Hall–Kier alpha value is -4.07. The second-order valence-corrected chi connectivity index (χ2v) is 5.02. The maximum Gasteiger partial charge on any atom is 0.153 e. The lowest BCUT2D eigenvalue weighted by Crippen LogP contribution is -2.05. The monoisotopic (exact) mass is 322 g/mol. The summed E-state index contributed by atoms with van der Waals surface area (Å²) < 4.78 is 0. The number of nitriles is 3. The van der Waals surface area contributed by atoms with Crippen LogP contribution in [0.1, 0.15) is 11.1 Å². The topological polar surface area (TPSA) is 97.4 Å². The number of nitrogens with zero attached hydrogens (tertiary/aromatic N) is 3. The molecule has 0 saturated carbocycles. The van der Waals surface area contributed by atoms with Crippen molar-refractivity contribution < 1.29 is 0 Å². The van der Waals surface area contributed by atoms with E-state index in [9.17, 15) is 5.26 Å². The number of allylic oxidation sites excluding steroid dienone is 4. The standard InChI is InChI=1S/C21H14N4/c22-13-18(14-23)21(25)20(15-24)19(17-9-5-2-6-10-17)12-11-16-7-3-1-4-8-16/h1-12H,25H2/b12-11+,20-19+. The molecule has 0 saturated heterocycles. The van der Waals surface area contributed by atoms with E-state index in [0.717, 1.165) is 11.1 Å². The zero-order valence-corrected chi connectivity index (χ0v) is 13.3. The van der Waals surface area contributed by atoms with Crippen molar-refractivity contribution in [2.45, 2.75) is 0 Å². The van der Waals surface area contributed by atoms with E-state index in [2.05, 4.69) is 0 Å². The Balaban J connectivity index is 2.69. The fourth-order valence-electron chi connectivity index (χ4n) is 2.22. The van der Waals surface area contributed by atoms with Gasteiger partial charge >= 0.3 is 0 Å². The molecule has 118 valence electrons. The molecule has 25 heavy (non-hydrogen) atoms. The van der Waals surface area contributed by atoms with Crippen LogP contribution in [0.5, 0.6) is 0 Å². The van der Waals surface area contributed by atoms with Crippen LogP contribution in [0, 0.1) is 34.0 Å². The fourth-order valence-corrected chi connectivity index (χ4v) is 2.22. The second kappa shape index (κ2) is 8.53. The van der Waals surface area contributed by atoms with Crippen molar-refractivity contribution in [2.24, 2.45) is 5.73 Å². The van der Waals surface area contributed by atoms with Gasteiger partial charge in [0.25, 0.3) is 0 Å². The van der Waals surface area contributed by atoms with Gasteiger partial charge in [-0.15, -0.1) is 0 Å². The van der Waals surface area contributed by atoms with Gasteiger partial charge in [-0.3, -0.25) is 0 Å². The predicted octanol–water partition coefficient (Wildman–Crippen LogP) is 3.94. The van der Waals surface area contributed by atoms with Crippen LogP contribution in [0.2, 0.25) is 0 Å². The summed E-state index contributed by atoms with van der Waals surface area (Å²) in [6.45, 7) is 0. The molecule has 0 aliphatic heterocycles. The average Bonchev–Trinajstić information content (AvgIpc) is 2.67. The van der Waals surface area contributed by atoms with Gasteiger partial charge in [0.2, 0.25) is 0 Å². The van der Waals surface area contributed by atoms with E-state index < -0.39 is 0 Å². The molecule has 0 atom stereocenters. The molecule has 0 amide bonds. The Kier molecular flexibility index (Phi) is 5.90. The quantitative estimate of drug-likeness (QED) is 0.681. The first-order chi connectivity index (χ1) is 12.2. The van der Waals surface area contributed by atoms with Gasteiger partial charge in [0.15, 0.2) is 5.57 Å². The maximum absolute atomic E-state index is 9.59. The molecular formula is C21H14N4. The van der Waals surface area contributed by atoms with Crippen LogP contribution >= 0.6 is 0 Å². The Morgan fingerprint density at radius 1 is 0.800 bits per heavy atom. The van der Waals surface area contributed by atoms with Crippen molar-refractivity contribution >= 4 is 11.6 Å². The first-order valence-electron chi connectivity index (χ1n) is 7.44. The lowest BCUT2D eigenvalue weighted by Gasteiger charge is -2.08. The molecule has 2 aromatic rings. The normalized spacial score (nSPS) is 10.9. The van der Waals surface area contributed by atoms with Crippen LogP contribution in [0.25, 0.3) is 11.6 Å². The fraction of sp³-hybridized carbons (Fsp3) is 0. The molecule has 0 radical (unpaired) electrons. The van der Waals surface area contributed by atoms with Gasteiger partial charge in [0, 0.05) is 5.57 Å². The molecule has 0 aliphatic carbocycles. The third-order valence-corrected chi connectivity index (χ3v) is 3.47. The summed E-state index contributed by atoms with van der Waals surface area (Å²) in [5, 5.41) is 27.7. The maximum atomic E-state index is 9.59. The van der Waals surface area contributed by atoms with Crippen LogP contribution in [0.3, 0.4) is 0 Å². The summed E-state index contributed by atoms with van der Waals surface area (Å²) in [5.74, 6) is 0. The molecule has 0 bridgehead atoms. The van der Waals surface area contributed by atoms with E-state index in [0.29, 0.717) is 5.57 Å². The van der Waals surface area contributed by atoms with Crippen molar-refractivity contribution in [2.75, 3.05) is 0 Å². The third-order valence-electron chi connectivity index (χ3n) is 3.47. The van der Waals surface area contributed by atoms with Crippen molar-refractivity contribution in [3.05, 3.63) is 94.7 Å². The molecule has 0 unspecified atom stereocenters. The van der Waals surface area contributed by atoms with Crippen LogP contribution in [-0.4, -0.2) is 0 Å². The first-order valence-corrected chi connectivity index (χ1v) is 7.44. The number of hydrogen-bond acceptors (Lipinski definition) is 4. The molecule has 2 N–H and O–H groups in total. The first kappa shape index (κ1) is 17.3. The predicted molar refractivity (Wildman–Crippen MR) is 96.9 cm³/mol. The summed E-state index contributed by atoms with van der Waals surface area (Å²) in [6.07, 6.45) is 3.62. The van der Waals surface area contributed by atoms with E-state index in [-0.39, 0.29) is 16.8 Å². The minimum absolute atomic E-state index is 0.0940. The number of rotatable bonds is 4. The smallest absolute Gasteiger partial charge is 0.153 e. The van der Waals surface area contributed by atoms with E-state index >= 15 is 0 Å². The molecule has 0 aromatic heterocycles. The molecule has 2 aromatic carbocycles. The van der Waals surface area contributed by atoms with Crippen molar-refractivity contribution in [1.29, 1.82) is 15.8 Å². The second-order valence-electron chi connectivity index (χ2n) is 5.02. The van der Waals surface area contributed by atoms with Crippen LogP contribution in [0.15, 0.2) is 83.6 Å². The highest BCUT2D eigenvalue weighted by Gasteiger charge is 2.13. The van der Waals surface area contributed by atoms with E-state index in [4.69, 9.17) is 16.3 Å². The molecule has 0 heterocycles. The third kappa shape index (κ3) is 4.23. The summed E-state index contributed by atoms with van der Waals surface area (Å²) in [5.41, 5.74) is 7.89. The number of benzene rings is 2. The van der Waals surface area contributed by atoms with Crippen molar-refractivity contribution in [3.63, 3.8) is 0 Å². The highest BCUT2D eigenvalue weighted by atomic mass is 14.6. The largest absolute Gasteiger partial charge is 0.396 e. The summed E-state index contributed by atoms with van der Waals surface area (Å²) in [7, 11) is 0. The van der Waals surface area contributed by atoms with Gasteiger partial charge in [-0.2, -0.15) is 15.8 Å². The summed E-state index contributed by atoms with van der Waals surface area (Å²) in [4.78, 5) is 0. The zero-order valence-electron chi connectivity index (χ0n) is 13.3. The van der Waals surface area contributed by atoms with Gasteiger partial charge < -0.3 is 5.73 Å². The minimum Gasteiger partial charge on any atom is -0.396 e. The van der Waals surface area contributed by atoms with E-state index in [1.807, 2.05) is 72.8 Å². The molecule has 0 fully saturated rings. The Bertz CT molecular complexity index is 945. The minimum atomic E-state index is -0.280. The molecule has 2 rings (SSSR count). The van der Waals surface area contributed by atoms with Gasteiger partial charge in [-0.25, -0.2) is 0 Å². The highest BCUT2D eigenvalue weighted by molar-refractivity contribution is 5.86. The van der Waals surface area contributed by atoms with Crippen LogP contribution in [0.4, 0.5) is 0 Å². The highest BCUT2D eigenvalue weighted by Crippen LogP contribution is 2.25. The molecule has 0 aliphatic rings. The Labute approximate surface area is 146 Å². The average molecular weight is 322 g/mol. The van der Waals surface area contributed by atoms with E-state index in [1.165, 1.54) is 0 Å². The lowest BCUT2D eigenvalue weighted by molar-refractivity contribution is 1.30. The van der Waals surface area contributed by atoms with Gasteiger partial charge in [-0.05, 0) is 11.1 Å². The van der Waals surface area contributed by atoms with Crippen molar-refractivity contribution in [3.8, 4) is 18.2 Å². The molecular weight excluding hydrogens is 308 g/mol. The molecule has 4 heteroatoms. The van der Waals surface area contributed by atoms with Crippen LogP contribution in [-0.2, 0) is 0 Å². The molecule has 4 nitrogen and oxygen atoms in total. The number of hydrogen-bond donors (Lipinski definition) is 1. The van der Waals surface area contributed by atoms with Crippen molar-refractivity contribution in [1.82, 2.24) is 0 Å². The Morgan fingerprint density at radius 3 is 1.88 bits per heavy atom. The Morgan fingerprint density at radius 2 is 1.36 bits per heavy atom. The lowest BCUT2D eigenvalue weighted by atomic mass is 9.96. The van der Waals surface area contributed by atoms with Gasteiger partial charge in [-0.1, -0.05) is 72.8 Å². The summed E-state index contributed by atoms with van der Waals surface area (Å²) >= 11 is 0. The van der Waals surface area contributed by atoms with Gasteiger partial charge in [0.1, 0.15) is 18.2 Å². The zero-order chi connectivity index (χ0) is 18.1. The van der Waals surface area contributed by atoms with E-state index in [1.54, 1.807) is 18.2 Å². The number of nitrogens with two attached hydrogens (primary N) is 1. The molecule has 0 spiro atoms. The van der Waals surface area contributed by atoms with Crippen LogP contribution < -0.4 is 5.73 Å². The van der Waals surface area contributed by atoms with Gasteiger partial charge in [0.05, 0.1) is 11.3 Å².